The number of thiophene rings is 1. The molecular weight excluding hydrogens is 244 g/mol. The van der Waals surface area contributed by atoms with Crippen LogP contribution in [0.15, 0.2) is 11.4 Å². The third kappa shape index (κ3) is 2.92. The van der Waals surface area contributed by atoms with E-state index in [1.165, 1.54) is 0 Å². The Morgan fingerprint density at radius 2 is 2.39 bits per heavy atom. The van der Waals surface area contributed by atoms with Crippen molar-refractivity contribution in [3.63, 3.8) is 0 Å². The van der Waals surface area contributed by atoms with Crippen LogP contribution in [0.4, 0.5) is 0 Å². The van der Waals surface area contributed by atoms with Gasteiger partial charge in [-0.25, -0.2) is 0 Å². The molecule has 0 radical (unpaired) electrons. The van der Waals surface area contributed by atoms with Crippen LogP contribution >= 0.6 is 11.3 Å². The fourth-order valence-electron chi connectivity index (χ4n) is 1.94. The first-order valence-corrected chi connectivity index (χ1v) is 6.95. The summed E-state index contributed by atoms with van der Waals surface area (Å²) in [6, 6.07) is 1.97. The summed E-state index contributed by atoms with van der Waals surface area (Å²) in [5.41, 5.74) is 6.51. The third-order valence-corrected chi connectivity index (χ3v) is 4.24. The summed E-state index contributed by atoms with van der Waals surface area (Å²) in [4.78, 5) is 13.0. The van der Waals surface area contributed by atoms with E-state index in [1.54, 1.807) is 11.3 Å². The molecule has 1 unspecified atom stereocenters. The van der Waals surface area contributed by atoms with E-state index in [1.807, 2.05) is 11.4 Å². The van der Waals surface area contributed by atoms with E-state index in [2.05, 4.69) is 31.0 Å². The topological polar surface area (TPSA) is 55.1 Å². The number of hydrogen-bond acceptors (Lipinski definition) is 3. The second-order valence-electron chi connectivity index (χ2n) is 5.23. The highest BCUT2D eigenvalue weighted by atomic mass is 32.1. The van der Waals surface area contributed by atoms with Gasteiger partial charge < -0.3 is 11.1 Å². The Labute approximate surface area is 112 Å². The molecule has 3 N–H and O–H groups in total. The minimum atomic E-state index is 0.158. The first-order valence-electron chi connectivity index (χ1n) is 6.07. The zero-order valence-corrected chi connectivity index (χ0v) is 11.6. The summed E-state index contributed by atoms with van der Waals surface area (Å²) in [7, 11) is 0. The van der Waals surface area contributed by atoms with E-state index >= 15 is 0 Å². The minimum Gasteiger partial charge on any atom is -0.351 e. The molecule has 0 aliphatic heterocycles. The highest BCUT2D eigenvalue weighted by Gasteiger charge is 2.50. The fraction of sp³-hybridized carbons (Fsp3) is 0.500. The summed E-state index contributed by atoms with van der Waals surface area (Å²) in [6.45, 7) is 5.18. The first-order chi connectivity index (χ1) is 8.54. The van der Waals surface area contributed by atoms with Gasteiger partial charge in [-0.3, -0.25) is 4.79 Å². The summed E-state index contributed by atoms with van der Waals surface area (Å²) in [5, 5.41) is 4.98. The maximum absolute atomic E-state index is 11.9. The van der Waals surface area contributed by atoms with Gasteiger partial charge in [-0.15, -0.1) is 11.3 Å². The van der Waals surface area contributed by atoms with Gasteiger partial charge in [-0.05, 0) is 23.3 Å². The van der Waals surface area contributed by atoms with Crippen LogP contribution in [-0.2, 0) is 11.3 Å². The maximum atomic E-state index is 11.9. The lowest BCUT2D eigenvalue weighted by molar-refractivity contribution is -0.123. The van der Waals surface area contributed by atoms with Crippen molar-refractivity contribution in [3.05, 3.63) is 21.9 Å². The van der Waals surface area contributed by atoms with Gasteiger partial charge in [0.15, 0.2) is 0 Å². The van der Waals surface area contributed by atoms with Crippen LogP contribution in [0.2, 0.25) is 0 Å². The molecule has 1 heterocycles. The van der Waals surface area contributed by atoms with Crippen molar-refractivity contribution in [3.8, 4) is 11.8 Å². The lowest BCUT2D eigenvalue weighted by Crippen LogP contribution is -2.25. The maximum Gasteiger partial charge on any atom is 0.223 e. The van der Waals surface area contributed by atoms with Gasteiger partial charge in [0.1, 0.15) is 0 Å². The second kappa shape index (κ2) is 5.13. The first kappa shape index (κ1) is 13.1. The van der Waals surface area contributed by atoms with Crippen LogP contribution in [0, 0.1) is 23.2 Å². The molecule has 4 heteroatoms. The Morgan fingerprint density at radius 3 is 3.00 bits per heavy atom. The Balaban J connectivity index is 1.91. The summed E-state index contributed by atoms with van der Waals surface area (Å²) < 4.78 is 0. The van der Waals surface area contributed by atoms with Crippen LogP contribution in [0.5, 0.6) is 0 Å². The van der Waals surface area contributed by atoms with Gasteiger partial charge in [0.25, 0.3) is 0 Å². The zero-order valence-electron chi connectivity index (χ0n) is 10.7. The van der Waals surface area contributed by atoms with E-state index in [9.17, 15) is 4.79 Å². The van der Waals surface area contributed by atoms with Crippen molar-refractivity contribution in [2.24, 2.45) is 17.1 Å². The van der Waals surface area contributed by atoms with Crippen molar-refractivity contribution in [2.45, 2.75) is 26.8 Å². The predicted molar refractivity (Wildman–Crippen MR) is 74.0 cm³/mol. The highest BCUT2D eigenvalue weighted by molar-refractivity contribution is 7.10. The predicted octanol–water partition coefficient (Wildman–Crippen LogP) is 1.72. The molecule has 1 aliphatic rings. The molecule has 18 heavy (non-hydrogen) atoms. The molecule has 1 amide bonds. The average molecular weight is 262 g/mol. The average Bonchev–Trinajstić information content (AvgIpc) is 2.77. The molecule has 0 aromatic carbocycles. The molecule has 3 nitrogen and oxygen atoms in total. The molecule has 1 aromatic rings. The third-order valence-electron chi connectivity index (χ3n) is 3.32. The van der Waals surface area contributed by atoms with Crippen molar-refractivity contribution >= 4 is 17.2 Å². The molecule has 1 aromatic heterocycles. The molecular formula is C14H18N2OS. The number of carbonyl (C=O) groups excluding carboxylic acids is 1. The molecule has 96 valence electrons. The molecule has 0 saturated heterocycles. The monoisotopic (exact) mass is 262 g/mol. The lowest BCUT2D eigenvalue weighted by atomic mass is 10.1. The molecule has 1 saturated carbocycles. The molecule has 0 bridgehead atoms. The van der Waals surface area contributed by atoms with Crippen LogP contribution in [-0.4, -0.2) is 12.5 Å². The highest BCUT2D eigenvalue weighted by Crippen LogP contribution is 2.51. The summed E-state index contributed by atoms with van der Waals surface area (Å²) in [6.07, 6.45) is 0.989. The summed E-state index contributed by atoms with van der Waals surface area (Å²) in [5.74, 6) is 6.20. The summed E-state index contributed by atoms with van der Waals surface area (Å²) >= 11 is 1.62. The molecule has 1 fully saturated rings. The van der Waals surface area contributed by atoms with E-state index in [0.29, 0.717) is 13.1 Å². The second-order valence-corrected chi connectivity index (χ2v) is 6.23. The van der Waals surface area contributed by atoms with Crippen molar-refractivity contribution in [1.29, 1.82) is 0 Å². The SMILES string of the molecule is CC1(C)CC1C(=O)NCc1sccc1C#CCN. The normalized spacial score (nSPS) is 19.8. The van der Waals surface area contributed by atoms with E-state index < -0.39 is 0 Å². The van der Waals surface area contributed by atoms with E-state index in [0.717, 1.165) is 16.9 Å². The Bertz CT molecular complexity index is 507. The number of nitrogens with one attached hydrogen (secondary N) is 1. The quantitative estimate of drug-likeness (QED) is 0.815. The van der Waals surface area contributed by atoms with Crippen molar-refractivity contribution in [1.82, 2.24) is 5.32 Å². The van der Waals surface area contributed by atoms with E-state index in [4.69, 9.17) is 5.73 Å². The lowest BCUT2D eigenvalue weighted by Gasteiger charge is -2.05. The standard InChI is InChI=1S/C14H18N2OS/c1-14(2)8-11(14)13(17)16-9-12-10(4-3-6-15)5-7-18-12/h5,7,11H,6,8-9,15H2,1-2H3,(H,16,17). The van der Waals surface area contributed by atoms with Gasteiger partial charge in [-0.1, -0.05) is 25.7 Å². The van der Waals surface area contributed by atoms with Crippen molar-refractivity contribution < 1.29 is 4.79 Å². The molecule has 2 rings (SSSR count). The zero-order chi connectivity index (χ0) is 13.2. The van der Waals surface area contributed by atoms with Gasteiger partial charge in [0.05, 0.1) is 13.1 Å². The fourth-order valence-corrected chi connectivity index (χ4v) is 2.71. The largest absolute Gasteiger partial charge is 0.351 e. The van der Waals surface area contributed by atoms with Gasteiger partial charge in [0.2, 0.25) is 5.91 Å². The smallest absolute Gasteiger partial charge is 0.223 e. The van der Waals surface area contributed by atoms with Crippen LogP contribution in [0.25, 0.3) is 0 Å². The number of carbonyl (C=O) groups is 1. The number of amides is 1. The van der Waals surface area contributed by atoms with Crippen molar-refractivity contribution in [2.75, 3.05) is 6.54 Å². The van der Waals surface area contributed by atoms with Gasteiger partial charge >= 0.3 is 0 Å². The van der Waals surface area contributed by atoms with Crippen LogP contribution in [0.1, 0.15) is 30.7 Å². The Kier molecular flexibility index (Phi) is 3.74. The number of hydrogen-bond donors (Lipinski definition) is 2. The minimum absolute atomic E-state index is 0.158. The van der Waals surface area contributed by atoms with Crippen LogP contribution < -0.4 is 11.1 Å². The molecule has 1 aliphatic carbocycles. The van der Waals surface area contributed by atoms with Gasteiger partial charge in [-0.2, -0.15) is 0 Å². The molecule has 1 atom stereocenters. The van der Waals surface area contributed by atoms with Gasteiger partial charge in [0, 0.05) is 16.4 Å². The molecule has 0 spiro atoms. The van der Waals surface area contributed by atoms with Crippen LogP contribution in [0.3, 0.4) is 0 Å². The Hall–Kier alpha value is -1.31. The number of rotatable bonds is 3. The van der Waals surface area contributed by atoms with E-state index in [-0.39, 0.29) is 17.2 Å². The number of nitrogens with two attached hydrogens (primary N) is 1. The Morgan fingerprint density at radius 1 is 1.67 bits per heavy atom.